The predicted octanol–water partition coefficient (Wildman–Crippen LogP) is 0.551. The fourth-order valence-corrected chi connectivity index (χ4v) is 2.46. The van der Waals surface area contributed by atoms with E-state index in [1.54, 1.807) is 18.2 Å². The summed E-state index contributed by atoms with van der Waals surface area (Å²) in [6.07, 6.45) is 1.97. The standard InChI is InChI=1S/C16H20N4O4/c1-24-11-4-5-13(12(8-11)15(22)19-10-2-3-10)18-9-14(21)20-7-6-17-16(20)23/h4-5,8,10,18H,2-3,6-7,9H2,1H3,(H,17,23)(H,19,22). The van der Waals surface area contributed by atoms with Crippen LogP contribution in [-0.4, -0.2) is 55.5 Å². The fourth-order valence-electron chi connectivity index (χ4n) is 2.46. The second-order valence-corrected chi connectivity index (χ2v) is 5.79. The van der Waals surface area contributed by atoms with E-state index in [4.69, 9.17) is 4.74 Å². The van der Waals surface area contributed by atoms with Gasteiger partial charge < -0.3 is 20.7 Å². The number of benzene rings is 1. The molecule has 0 bridgehead atoms. The minimum Gasteiger partial charge on any atom is -0.497 e. The summed E-state index contributed by atoms with van der Waals surface area (Å²) in [6, 6.07) is 4.88. The Morgan fingerprint density at radius 2 is 2.17 bits per heavy atom. The van der Waals surface area contributed by atoms with Crippen LogP contribution in [-0.2, 0) is 4.79 Å². The first-order valence-corrected chi connectivity index (χ1v) is 7.89. The van der Waals surface area contributed by atoms with Crippen LogP contribution in [0.5, 0.6) is 5.75 Å². The molecule has 8 nitrogen and oxygen atoms in total. The number of carbonyl (C=O) groups excluding carboxylic acids is 3. The van der Waals surface area contributed by atoms with Crippen molar-refractivity contribution in [2.45, 2.75) is 18.9 Å². The zero-order valence-corrected chi connectivity index (χ0v) is 13.4. The number of anilines is 1. The van der Waals surface area contributed by atoms with E-state index in [9.17, 15) is 14.4 Å². The Kier molecular flexibility index (Phi) is 4.54. The van der Waals surface area contributed by atoms with Gasteiger partial charge in [0.2, 0.25) is 5.91 Å². The molecule has 24 heavy (non-hydrogen) atoms. The molecule has 2 fully saturated rings. The van der Waals surface area contributed by atoms with Crippen molar-refractivity contribution in [2.24, 2.45) is 0 Å². The molecule has 1 aliphatic heterocycles. The van der Waals surface area contributed by atoms with Crippen molar-refractivity contribution >= 4 is 23.5 Å². The number of hydrogen-bond acceptors (Lipinski definition) is 5. The van der Waals surface area contributed by atoms with Crippen LogP contribution >= 0.6 is 0 Å². The molecular weight excluding hydrogens is 312 g/mol. The lowest BCUT2D eigenvalue weighted by Crippen LogP contribution is -2.38. The van der Waals surface area contributed by atoms with Gasteiger partial charge in [0.05, 0.1) is 19.2 Å². The lowest BCUT2D eigenvalue weighted by atomic mass is 10.1. The van der Waals surface area contributed by atoms with Gasteiger partial charge in [0, 0.05) is 24.8 Å². The summed E-state index contributed by atoms with van der Waals surface area (Å²) in [5.41, 5.74) is 0.946. The molecule has 1 aromatic carbocycles. The highest BCUT2D eigenvalue weighted by Crippen LogP contribution is 2.25. The molecule has 3 rings (SSSR count). The summed E-state index contributed by atoms with van der Waals surface area (Å²) >= 11 is 0. The monoisotopic (exact) mass is 332 g/mol. The maximum Gasteiger partial charge on any atom is 0.324 e. The number of rotatable bonds is 6. The van der Waals surface area contributed by atoms with Gasteiger partial charge in [-0.1, -0.05) is 0 Å². The SMILES string of the molecule is COc1ccc(NCC(=O)N2CCNC2=O)c(C(=O)NC2CC2)c1. The molecular formula is C16H20N4O4. The molecule has 0 atom stereocenters. The zero-order chi connectivity index (χ0) is 17.1. The average molecular weight is 332 g/mol. The second kappa shape index (κ2) is 6.77. The predicted molar refractivity (Wildman–Crippen MR) is 87.1 cm³/mol. The summed E-state index contributed by atoms with van der Waals surface area (Å²) in [4.78, 5) is 37.1. The summed E-state index contributed by atoms with van der Waals surface area (Å²) in [5, 5.41) is 8.45. The molecule has 1 aromatic rings. The Balaban J connectivity index is 1.70. The van der Waals surface area contributed by atoms with E-state index in [1.807, 2.05) is 0 Å². The minimum absolute atomic E-state index is 0.0660. The van der Waals surface area contributed by atoms with Crippen LogP contribution in [0.2, 0.25) is 0 Å². The summed E-state index contributed by atoms with van der Waals surface area (Å²) in [5.74, 6) is 0.0198. The number of amides is 4. The van der Waals surface area contributed by atoms with Gasteiger partial charge in [0.1, 0.15) is 5.75 Å². The number of nitrogens with zero attached hydrogens (tertiary/aromatic N) is 1. The van der Waals surface area contributed by atoms with E-state index in [0.717, 1.165) is 17.7 Å². The third-order valence-electron chi connectivity index (χ3n) is 3.97. The maximum absolute atomic E-state index is 12.4. The van der Waals surface area contributed by atoms with Crippen LogP contribution in [0.4, 0.5) is 10.5 Å². The quantitative estimate of drug-likeness (QED) is 0.706. The van der Waals surface area contributed by atoms with Crippen LogP contribution in [0.15, 0.2) is 18.2 Å². The molecule has 0 unspecified atom stereocenters. The number of carbonyl (C=O) groups is 3. The number of urea groups is 1. The van der Waals surface area contributed by atoms with Gasteiger partial charge in [0.15, 0.2) is 0 Å². The summed E-state index contributed by atoms with van der Waals surface area (Å²) < 4.78 is 5.17. The molecule has 1 saturated carbocycles. The number of nitrogens with one attached hydrogen (secondary N) is 3. The molecule has 0 aromatic heterocycles. The van der Waals surface area contributed by atoms with Crippen LogP contribution in [0.25, 0.3) is 0 Å². The third kappa shape index (κ3) is 3.58. The van der Waals surface area contributed by atoms with E-state index in [-0.39, 0.29) is 30.4 Å². The van der Waals surface area contributed by atoms with E-state index in [1.165, 1.54) is 7.11 Å². The second-order valence-electron chi connectivity index (χ2n) is 5.79. The van der Waals surface area contributed by atoms with Crippen molar-refractivity contribution in [1.29, 1.82) is 0 Å². The first-order valence-electron chi connectivity index (χ1n) is 7.89. The van der Waals surface area contributed by atoms with Gasteiger partial charge in [-0.3, -0.25) is 14.5 Å². The zero-order valence-electron chi connectivity index (χ0n) is 13.4. The molecule has 4 amide bonds. The molecule has 0 radical (unpaired) electrons. The Bertz CT molecular complexity index is 672. The lowest BCUT2D eigenvalue weighted by molar-refractivity contribution is -0.125. The van der Waals surface area contributed by atoms with Gasteiger partial charge in [-0.15, -0.1) is 0 Å². The van der Waals surface area contributed by atoms with Crippen LogP contribution in [0.1, 0.15) is 23.2 Å². The maximum atomic E-state index is 12.4. The van der Waals surface area contributed by atoms with E-state index in [0.29, 0.717) is 30.1 Å². The topological polar surface area (TPSA) is 99.8 Å². The number of methoxy groups -OCH3 is 1. The van der Waals surface area contributed by atoms with E-state index >= 15 is 0 Å². The molecule has 3 N–H and O–H groups in total. The van der Waals surface area contributed by atoms with Crippen molar-refractivity contribution < 1.29 is 19.1 Å². The summed E-state index contributed by atoms with van der Waals surface area (Å²) in [6.45, 7) is 0.753. The van der Waals surface area contributed by atoms with E-state index in [2.05, 4.69) is 16.0 Å². The Morgan fingerprint density at radius 3 is 2.79 bits per heavy atom. The van der Waals surface area contributed by atoms with Crippen molar-refractivity contribution in [3.05, 3.63) is 23.8 Å². The largest absolute Gasteiger partial charge is 0.497 e. The Hall–Kier alpha value is -2.77. The third-order valence-corrected chi connectivity index (χ3v) is 3.97. The van der Waals surface area contributed by atoms with Crippen molar-refractivity contribution in [3.8, 4) is 5.75 Å². The molecule has 128 valence electrons. The highest BCUT2D eigenvalue weighted by atomic mass is 16.5. The normalized spacial score (nSPS) is 16.5. The Labute approximate surface area is 139 Å². The average Bonchev–Trinajstić information content (AvgIpc) is 3.30. The van der Waals surface area contributed by atoms with Gasteiger partial charge in [-0.05, 0) is 31.0 Å². The smallest absolute Gasteiger partial charge is 0.324 e. The van der Waals surface area contributed by atoms with Gasteiger partial charge in [-0.25, -0.2) is 4.79 Å². The molecule has 1 heterocycles. The fraction of sp³-hybridized carbons (Fsp3) is 0.438. The van der Waals surface area contributed by atoms with Gasteiger partial charge >= 0.3 is 6.03 Å². The summed E-state index contributed by atoms with van der Waals surface area (Å²) in [7, 11) is 1.53. The Morgan fingerprint density at radius 1 is 1.38 bits per heavy atom. The van der Waals surface area contributed by atoms with Gasteiger partial charge in [-0.2, -0.15) is 0 Å². The first-order chi connectivity index (χ1) is 11.6. The molecule has 2 aliphatic rings. The van der Waals surface area contributed by atoms with Gasteiger partial charge in [0.25, 0.3) is 5.91 Å². The van der Waals surface area contributed by atoms with Crippen LogP contribution in [0.3, 0.4) is 0 Å². The molecule has 1 aliphatic carbocycles. The molecule has 1 saturated heterocycles. The van der Waals surface area contributed by atoms with Crippen molar-refractivity contribution in [2.75, 3.05) is 32.1 Å². The lowest BCUT2D eigenvalue weighted by Gasteiger charge is -2.16. The van der Waals surface area contributed by atoms with Crippen molar-refractivity contribution in [3.63, 3.8) is 0 Å². The number of hydrogen-bond donors (Lipinski definition) is 3. The van der Waals surface area contributed by atoms with Crippen LogP contribution in [0, 0.1) is 0 Å². The first kappa shape index (κ1) is 16.1. The van der Waals surface area contributed by atoms with Crippen LogP contribution < -0.4 is 20.7 Å². The molecule has 8 heteroatoms. The highest BCUT2D eigenvalue weighted by Gasteiger charge is 2.27. The molecule has 0 spiro atoms. The van der Waals surface area contributed by atoms with E-state index < -0.39 is 0 Å². The number of imide groups is 1. The highest BCUT2D eigenvalue weighted by molar-refractivity contribution is 6.02. The van der Waals surface area contributed by atoms with Crippen molar-refractivity contribution in [1.82, 2.24) is 15.5 Å². The minimum atomic E-state index is -0.386. The number of ether oxygens (including phenoxy) is 1.